The lowest BCUT2D eigenvalue weighted by atomic mass is 10.0. The molecule has 2 aromatic rings. The zero-order chi connectivity index (χ0) is 15.1. The highest BCUT2D eigenvalue weighted by Gasteiger charge is 2.14. The van der Waals surface area contributed by atoms with Crippen molar-refractivity contribution >= 4 is 0 Å². The summed E-state index contributed by atoms with van der Waals surface area (Å²) in [5, 5.41) is 3.57. The van der Waals surface area contributed by atoms with E-state index >= 15 is 0 Å². The van der Waals surface area contributed by atoms with Crippen LogP contribution in [0.1, 0.15) is 55.2 Å². The van der Waals surface area contributed by atoms with Gasteiger partial charge in [0.05, 0.1) is 23.6 Å². The van der Waals surface area contributed by atoms with Crippen molar-refractivity contribution in [2.75, 3.05) is 6.54 Å². The van der Waals surface area contributed by atoms with Crippen LogP contribution in [0.15, 0.2) is 36.7 Å². The summed E-state index contributed by atoms with van der Waals surface area (Å²) >= 11 is 0. The van der Waals surface area contributed by atoms with Gasteiger partial charge >= 0.3 is 0 Å². The summed E-state index contributed by atoms with van der Waals surface area (Å²) < 4.78 is 0. The smallest absolute Gasteiger partial charge is 0.0801 e. The first-order valence-corrected chi connectivity index (χ1v) is 7.85. The second-order valence-electron chi connectivity index (χ2n) is 5.46. The molecule has 1 atom stereocenters. The Bertz CT molecular complexity index is 531. The van der Waals surface area contributed by atoms with Gasteiger partial charge in [-0.15, -0.1) is 0 Å². The SMILES string of the molecule is CCCNC(c1ccc(CCC)cc1)c1cnc(C)cn1. The molecule has 0 aliphatic heterocycles. The molecule has 0 fully saturated rings. The minimum absolute atomic E-state index is 0.119. The average Bonchev–Trinajstić information content (AvgIpc) is 2.51. The Hall–Kier alpha value is -1.74. The van der Waals surface area contributed by atoms with Crippen LogP contribution in [0, 0.1) is 6.92 Å². The highest BCUT2D eigenvalue weighted by molar-refractivity contribution is 5.30. The Morgan fingerprint density at radius 3 is 2.33 bits per heavy atom. The van der Waals surface area contributed by atoms with Crippen LogP contribution in [-0.2, 0) is 6.42 Å². The Morgan fingerprint density at radius 1 is 1.00 bits per heavy atom. The Labute approximate surface area is 127 Å². The van der Waals surface area contributed by atoms with Gasteiger partial charge in [-0.25, -0.2) is 0 Å². The van der Waals surface area contributed by atoms with Gasteiger partial charge in [0, 0.05) is 6.20 Å². The maximum absolute atomic E-state index is 4.54. The van der Waals surface area contributed by atoms with Crippen LogP contribution in [0.2, 0.25) is 0 Å². The van der Waals surface area contributed by atoms with E-state index in [2.05, 4.69) is 53.4 Å². The number of hydrogen-bond acceptors (Lipinski definition) is 3. The van der Waals surface area contributed by atoms with E-state index in [-0.39, 0.29) is 6.04 Å². The lowest BCUT2D eigenvalue weighted by Crippen LogP contribution is -2.24. The Balaban J connectivity index is 2.24. The Kier molecular flexibility index (Phi) is 5.88. The van der Waals surface area contributed by atoms with Gasteiger partial charge in [-0.1, -0.05) is 44.5 Å². The maximum atomic E-state index is 4.54. The summed E-state index contributed by atoms with van der Waals surface area (Å²) in [4.78, 5) is 8.92. The summed E-state index contributed by atoms with van der Waals surface area (Å²) in [7, 11) is 0. The fraction of sp³-hybridized carbons (Fsp3) is 0.444. The van der Waals surface area contributed by atoms with Crippen molar-refractivity contribution in [3.05, 3.63) is 59.2 Å². The molecule has 0 bridgehead atoms. The third kappa shape index (κ3) is 4.36. The summed E-state index contributed by atoms with van der Waals surface area (Å²) in [5.74, 6) is 0. The first kappa shape index (κ1) is 15.6. The third-order valence-corrected chi connectivity index (χ3v) is 3.55. The van der Waals surface area contributed by atoms with Crippen molar-refractivity contribution in [1.82, 2.24) is 15.3 Å². The molecule has 112 valence electrons. The van der Waals surface area contributed by atoms with Crippen molar-refractivity contribution in [1.29, 1.82) is 0 Å². The summed E-state index contributed by atoms with van der Waals surface area (Å²) in [5.41, 5.74) is 4.58. The number of nitrogens with zero attached hydrogens (tertiary/aromatic N) is 2. The second-order valence-corrected chi connectivity index (χ2v) is 5.46. The standard InChI is InChI=1S/C18H25N3/c1-4-6-15-7-9-16(10-8-15)18(19-11-5-2)17-13-20-14(3)12-21-17/h7-10,12-13,18-19H,4-6,11H2,1-3H3. The fourth-order valence-corrected chi connectivity index (χ4v) is 2.40. The molecule has 0 saturated carbocycles. The molecule has 0 aliphatic carbocycles. The number of benzene rings is 1. The van der Waals surface area contributed by atoms with Gasteiger partial charge < -0.3 is 5.32 Å². The van der Waals surface area contributed by atoms with Gasteiger partial charge in [-0.3, -0.25) is 9.97 Å². The van der Waals surface area contributed by atoms with Crippen LogP contribution in [0.25, 0.3) is 0 Å². The molecule has 1 aromatic carbocycles. The quantitative estimate of drug-likeness (QED) is 0.839. The number of nitrogens with one attached hydrogen (secondary N) is 1. The molecule has 21 heavy (non-hydrogen) atoms. The Morgan fingerprint density at radius 2 is 1.76 bits per heavy atom. The predicted octanol–water partition coefficient (Wildman–Crippen LogP) is 3.83. The second kappa shape index (κ2) is 7.89. The molecule has 0 saturated heterocycles. The van der Waals surface area contributed by atoms with Gasteiger partial charge in [-0.05, 0) is 37.4 Å². The van der Waals surface area contributed by atoms with Crippen molar-refractivity contribution in [3.63, 3.8) is 0 Å². The molecular formula is C18H25N3. The van der Waals surface area contributed by atoms with Crippen molar-refractivity contribution in [2.24, 2.45) is 0 Å². The number of rotatable bonds is 7. The number of hydrogen-bond donors (Lipinski definition) is 1. The summed E-state index contributed by atoms with van der Waals surface area (Å²) in [6.45, 7) is 7.32. The number of aromatic nitrogens is 2. The highest BCUT2D eigenvalue weighted by Crippen LogP contribution is 2.21. The van der Waals surface area contributed by atoms with E-state index < -0.39 is 0 Å². The van der Waals surface area contributed by atoms with E-state index in [1.54, 1.807) is 0 Å². The molecule has 3 heteroatoms. The van der Waals surface area contributed by atoms with Gasteiger partial charge in [0.1, 0.15) is 0 Å². The molecule has 3 nitrogen and oxygen atoms in total. The normalized spacial score (nSPS) is 12.3. The van der Waals surface area contributed by atoms with Crippen LogP contribution in [0.5, 0.6) is 0 Å². The van der Waals surface area contributed by atoms with Crippen LogP contribution >= 0.6 is 0 Å². The molecule has 2 rings (SSSR count). The largest absolute Gasteiger partial charge is 0.305 e. The third-order valence-electron chi connectivity index (χ3n) is 3.55. The number of aryl methyl sites for hydroxylation is 2. The summed E-state index contributed by atoms with van der Waals surface area (Å²) in [6.07, 6.45) is 7.13. The van der Waals surface area contributed by atoms with Gasteiger partial charge in [0.2, 0.25) is 0 Å². The van der Waals surface area contributed by atoms with E-state index in [9.17, 15) is 0 Å². The highest BCUT2D eigenvalue weighted by atomic mass is 14.9. The molecule has 0 spiro atoms. The minimum Gasteiger partial charge on any atom is -0.305 e. The van der Waals surface area contributed by atoms with Crippen molar-refractivity contribution in [2.45, 2.75) is 46.1 Å². The van der Waals surface area contributed by atoms with Crippen LogP contribution in [0.4, 0.5) is 0 Å². The zero-order valence-corrected chi connectivity index (χ0v) is 13.3. The minimum atomic E-state index is 0.119. The lowest BCUT2D eigenvalue weighted by molar-refractivity contribution is 0.583. The molecule has 0 aliphatic rings. The lowest BCUT2D eigenvalue weighted by Gasteiger charge is -2.18. The molecule has 1 heterocycles. The first-order valence-electron chi connectivity index (χ1n) is 7.85. The topological polar surface area (TPSA) is 37.8 Å². The van der Waals surface area contributed by atoms with E-state index in [0.717, 1.165) is 30.8 Å². The maximum Gasteiger partial charge on any atom is 0.0801 e. The fourth-order valence-electron chi connectivity index (χ4n) is 2.40. The van der Waals surface area contributed by atoms with Gasteiger partial charge in [0.15, 0.2) is 0 Å². The molecule has 0 radical (unpaired) electrons. The molecule has 1 N–H and O–H groups in total. The molecular weight excluding hydrogens is 258 g/mol. The van der Waals surface area contributed by atoms with Gasteiger partial charge in [-0.2, -0.15) is 0 Å². The van der Waals surface area contributed by atoms with Crippen molar-refractivity contribution < 1.29 is 0 Å². The molecule has 1 unspecified atom stereocenters. The van der Waals surface area contributed by atoms with Gasteiger partial charge in [0.25, 0.3) is 0 Å². The van der Waals surface area contributed by atoms with Crippen LogP contribution in [-0.4, -0.2) is 16.5 Å². The first-order chi connectivity index (χ1) is 10.2. The zero-order valence-electron chi connectivity index (χ0n) is 13.3. The molecule has 1 aromatic heterocycles. The van der Waals surface area contributed by atoms with E-state index in [1.807, 2.05) is 19.3 Å². The van der Waals surface area contributed by atoms with E-state index in [1.165, 1.54) is 17.5 Å². The van der Waals surface area contributed by atoms with Crippen molar-refractivity contribution in [3.8, 4) is 0 Å². The van der Waals surface area contributed by atoms with Crippen LogP contribution in [0.3, 0.4) is 0 Å². The van der Waals surface area contributed by atoms with E-state index in [0.29, 0.717) is 0 Å². The average molecular weight is 283 g/mol. The van der Waals surface area contributed by atoms with Crippen LogP contribution < -0.4 is 5.32 Å². The predicted molar refractivity (Wildman–Crippen MR) is 87.3 cm³/mol. The van der Waals surface area contributed by atoms with E-state index in [4.69, 9.17) is 0 Å². The molecule has 0 amide bonds. The summed E-state index contributed by atoms with van der Waals surface area (Å²) in [6, 6.07) is 8.98. The monoisotopic (exact) mass is 283 g/mol.